The maximum atomic E-state index is 3.33. The highest BCUT2D eigenvalue weighted by molar-refractivity contribution is 6.23. The summed E-state index contributed by atoms with van der Waals surface area (Å²) < 4.78 is 0. The van der Waals surface area contributed by atoms with Crippen LogP contribution in [0.4, 0.5) is 0 Å². The van der Waals surface area contributed by atoms with E-state index in [2.05, 4.69) is 72.8 Å². The Hall–Kier alpha value is -2.60. The van der Waals surface area contributed by atoms with Gasteiger partial charge in [0.05, 0.1) is 0 Å². The first-order valence-corrected chi connectivity index (χ1v) is 6.81. The molecule has 20 heavy (non-hydrogen) atoms. The highest BCUT2D eigenvalue weighted by atomic mass is 14.2. The van der Waals surface area contributed by atoms with E-state index in [1.165, 1.54) is 43.8 Å². The first kappa shape index (κ1) is 10.2. The Morgan fingerprint density at radius 1 is 0.700 bits per heavy atom. The summed E-state index contributed by atoms with van der Waals surface area (Å²) >= 11 is 0. The minimum absolute atomic E-state index is 1.19. The fourth-order valence-corrected chi connectivity index (χ4v) is 3.39. The molecule has 1 aliphatic carbocycles. The van der Waals surface area contributed by atoms with Gasteiger partial charge in [0.1, 0.15) is 0 Å². The zero-order valence-corrected chi connectivity index (χ0v) is 10.8. The van der Waals surface area contributed by atoms with Crippen molar-refractivity contribution in [3.8, 4) is 22.3 Å². The van der Waals surface area contributed by atoms with Crippen LogP contribution in [0.3, 0.4) is 0 Å². The molecule has 1 aliphatic rings. The average molecular weight is 250 g/mol. The fourth-order valence-electron chi connectivity index (χ4n) is 3.39. The van der Waals surface area contributed by atoms with Crippen LogP contribution >= 0.6 is 0 Å². The van der Waals surface area contributed by atoms with Crippen molar-refractivity contribution in [1.29, 1.82) is 0 Å². The minimum Gasteiger partial charge on any atom is -0.0616 e. The Balaban J connectivity index is 2.12. The van der Waals surface area contributed by atoms with E-state index in [1.807, 2.05) is 0 Å². The number of hydrogen-bond donors (Lipinski definition) is 0. The molecule has 4 aromatic carbocycles. The molecule has 0 nitrogen and oxygen atoms in total. The molecule has 0 unspecified atom stereocenters. The summed E-state index contributed by atoms with van der Waals surface area (Å²) in [5, 5.41) is 5.04. The van der Waals surface area contributed by atoms with Crippen LogP contribution in [-0.4, -0.2) is 0 Å². The lowest BCUT2D eigenvalue weighted by molar-refractivity contribution is 1.69. The van der Waals surface area contributed by atoms with Gasteiger partial charge in [0.25, 0.3) is 0 Å². The highest BCUT2D eigenvalue weighted by Gasteiger charge is 2.21. The second-order valence-electron chi connectivity index (χ2n) is 5.27. The lowest BCUT2D eigenvalue weighted by Gasteiger charge is -2.06. The normalized spacial score (nSPS) is 12.0. The molecule has 0 N–H and O–H groups in total. The van der Waals surface area contributed by atoms with E-state index >= 15 is 0 Å². The van der Waals surface area contributed by atoms with Gasteiger partial charge in [-0.25, -0.2) is 0 Å². The molecule has 2 radical (unpaired) electrons. The van der Waals surface area contributed by atoms with Gasteiger partial charge in [-0.1, -0.05) is 48.5 Å². The summed E-state index contributed by atoms with van der Waals surface area (Å²) in [5.41, 5.74) is 5.25. The van der Waals surface area contributed by atoms with Crippen LogP contribution in [0.25, 0.3) is 43.8 Å². The number of hydrogen-bond acceptors (Lipinski definition) is 0. The Bertz CT molecular complexity index is 993. The Labute approximate surface area is 117 Å². The van der Waals surface area contributed by atoms with Crippen LogP contribution in [0.15, 0.2) is 60.7 Å². The van der Waals surface area contributed by atoms with Gasteiger partial charge >= 0.3 is 0 Å². The molecule has 0 saturated heterocycles. The Morgan fingerprint density at radius 3 is 2.35 bits per heavy atom. The molecule has 0 saturated carbocycles. The van der Waals surface area contributed by atoms with Gasteiger partial charge in [0, 0.05) is 0 Å². The van der Waals surface area contributed by atoms with Crippen LogP contribution in [0.1, 0.15) is 0 Å². The van der Waals surface area contributed by atoms with Crippen LogP contribution < -0.4 is 0 Å². The highest BCUT2D eigenvalue weighted by Crippen LogP contribution is 2.48. The van der Waals surface area contributed by atoms with Crippen LogP contribution in [0, 0.1) is 12.1 Å². The van der Waals surface area contributed by atoms with Crippen LogP contribution in [-0.2, 0) is 0 Å². The van der Waals surface area contributed by atoms with Crippen molar-refractivity contribution >= 4 is 21.5 Å². The zero-order chi connectivity index (χ0) is 13.1. The summed E-state index contributed by atoms with van der Waals surface area (Å²) in [7, 11) is 0. The van der Waals surface area contributed by atoms with Crippen molar-refractivity contribution in [1.82, 2.24) is 0 Å². The van der Waals surface area contributed by atoms with Gasteiger partial charge in [-0.2, -0.15) is 0 Å². The molecule has 0 spiro atoms. The van der Waals surface area contributed by atoms with E-state index in [9.17, 15) is 0 Å². The SMILES string of the molecule is [c]1[c]c2c3c(c1)-c1ccccc1-c3cc1ccccc12. The summed E-state index contributed by atoms with van der Waals surface area (Å²) in [5.74, 6) is 0. The molecule has 0 amide bonds. The third kappa shape index (κ3) is 1.12. The second-order valence-corrected chi connectivity index (χ2v) is 5.27. The molecule has 0 aliphatic heterocycles. The van der Waals surface area contributed by atoms with E-state index < -0.39 is 0 Å². The predicted molar refractivity (Wildman–Crippen MR) is 83.6 cm³/mol. The van der Waals surface area contributed by atoms with Crippen molar-refractivity contribution < 1.29 is 0 Å². The first-order chi connectivity index (χ1) is 9.93. The van der Waals surface area contributed by atoms with Crippen molar-refractivity contribution in [3.63, 3.8) is 0 Å². The molecule has 0 aromatic heterocycles. The van der Waals surface area contributed by atoms with E-state index in [0.717, 1.165) is 0 Å². The zero-order valence-electron chi connectivity index (χ0n) is 10.8. The molecule has 0 heteroatoms. The largest absolute Gasteiger partial charge is 0.0616 e. The minimum atomic E-state index is 1.19. The number of benzene rings is 4. The van der Waals surface area contributed by atoms with E-state index in [-0.39, 0.29) is 0 Å². The topological polar surface area (TPSA) is 0 Å². The molecule has 5 rings (SSSR count). The van der Waals surface area contributed by atoms with Crippen LogP contribution in [0.2, 0.25) is 0 Å². The fraction of sp³-hybridized carbons (Fsp3) is 0. The van der Waals surface area contributed by atoms with E-state index in [1.54, 1.807) is 0 Å². The van der Waals surface area contributed by atoms with Crippen molar-refractivity contribution in [2.24, 2.45) is 0 Å². The average Bonchev–Trinajstić information content (AvgIpc) is 2.84. The van der Waals surface area contributed by atoms with Gasteiger partial charge in [-0.3, -0.25) is 0 Å². The molecular formula is C20H10. The Kier molecular flexibility index (Phi) is 1.78. The summed E-state index contributed by atoms with van der Waals surface area (Å²) in [6.45, 7) is 0. The maximum Gasteiger partial charge on any atom is -0.000696 e. The van der Waals surface area contributed by atoms with Gasteiger partial charge in [-0.15, -0.1) is 0 Å². The molecule has 0 atom stereocenters. The molecule has 0 heterocycles. The van der Waals surface area contributed by atoms with Crippen LogP contribution in [0.5, 0.6) is 0 Å². The summed E-state index contributed by atoms with van der Waals surface area (Å²) in [6, 6.07) is 28.0. The molecule has 90 valence electrons. The molecule has 0 bridgehead atoms. The lowest BCUT2D eigenvalue weighted by Crippen LogP contribution is -1.80. The standard InChI is InChI=1S/C20H10/c1-2-7-14-13(6-1)12-19-16-9-4-3-8-15(16)18-11-5-10-17(14)20(18)19/h1-4,6-9,11-12H. The predicted octanol–water partition coefficient (Wildman–Crippen LogP) is 5.24. The van der Waals surface area contributed by atoms with Crippen molar-refractivity contribution in [2.45, 2.75) is 0 Å². The van der Waals surface area contributed by atoms with Crippen molar-refractivity contribution in [2.75, 3.05) is 0 Å². The summed E-state index contributed by atoms with van der Waals surface area (Å²) in [6.07, 6.45) is 0. The second kappa shape index (κ2) is 3.49. The summed E-state index contributed by atoms with van der Waals surface area (Å²) in [4.78, 5) is 0. The molecular weight excluding hydrogens is 240 g/mol. The third-order valence-electron chi connectivity index (χ3n) is 4.24. The third-order valence-corrected chi connectivity index (χ3v) is 4.24. The number of fused-ring (bicyclic) bond motifs is 5. The maximum absolute atomic E-state index is 3.33. The van der Waals surface area contributed by atoms with E-state index in [4.69, 9.17) is 0 Å². The Morgan fingerprint density at radius 2 is 1.45 bits per heavy atom. The van der Waals surface area contributed by atoms with Gasteiger partial charge in [-0.05, 0) is 68.1 Å². The van der Waals surface area contributed by atoms with Gasteiger partial charge in [0.2, 0.25) is 0 Å². The van der Waals surface area contributed by atoms with Crippen molar-refractivity contribution in [3.05, 3.63) is 72.8 Å². The van der Waals surface area contributed by atoms with Gasteiger partial charge < -0.3 is 0 Å². The smallest absolute Gasteiger partial charge is 0.000696 e. The number of rotatable bonds is 0. The quantitative estimate of drug-likeness (QED) is 0.330. The first-order valence-electron chi connectivity index (χ1n) is 6.81. The van der Waals surface area contributed by atoms with Gasteiger partial charge in [0.15, 0.2) is 0 Å². The monoisotopic (exact) mass is 250 g/mol. The molecule has 4 aromatic rings. The molecule has 0 fully saturated rings. The van der Waals surface area contributed by atoms with E-state index in [0.29, 0.717) is 0 Å². The lowest BCUT2D eigenvalue weighted by atomic mass is 9.97.